The Hall–Kier alpha value is -3.91. The van der Waals surface area contributed by atoms with Gasteiger partial charge in [-0.3, -0.25) is 4.98 Å². The molecule has 0 fully saturated rings. The Bertz CT molecular complexity index is 1730. The van der Waals surface area contributed by atoms with E-state index in [9.17, 15) is 0 Å². The molecule has 0 spiro atoms. The summed E-state index contributed by atoms with van der Waals surface area (Å²) in [7, 11) is 0. The van der Waals surface area contributed by atoms with Gasteiger partial charge in [-0.25, -0.2) is 0 Å². The number of aryl methyl sites for hydroxylation is 3. The second-order valence-corrected chi connectivity index (χ2v) is 10.1. The third kappa shape index (κ3) is 3.52. The van der Waals surface area contributed by atoms with Crippen molar-refractivity contribution in [3.05, 3.63) is 101 Å². The summed E-state index contributed by atoms with van der Waals surface area (Å²) in [5.41, 5.74) is 11.4. The van der Waals surface area contributed by atoms with E-state index in [1.54, 1.807) is 0 Å². The standard InChI is InChI=1S/C33H29NO/c1-19(2)29-17-25(16-23-8-6-7-9-26(23)29)32-33-28(12-13-34-32)27-11-10-24(18-30(27)35-33)31-21(4)14-20(3)15-22(31)5/h6-19H,1-5H3. The minimum atomic E-state index is 0.415. The highest BCUT2D eigenvalue weighted by molar-refractivity contribution is 6.10. The van der Waals surface area contributed by atoms with Crippen LogP contribution in [0.25, 0.3) is 55.1 Å². The lowest BCUT2D eigenvalue weighted by atomic mass is 9.92. The van der Waals surface area contributed by atoms with Crippen LogP contribution in [0.4, 0.5) is 0 Å². The Morgan fingerprint density at radius 3 is 2.26 bits per heavy atom. The van der Waals surface area contributed by atoms with Gasteiger partial charge in [-0.2, -0.15) is 0 Å². The lowest BCUT2D eigenvalue weighted by Crippen LogP contribution is -1.92. The zero-order valence-corrected chi connectivity index (χ0v) is 20.9. The smallest absolute Gasteiger partial charge is 0.161 e. The molecule has 6 aromatic rings. The fraction of sp³-hybridized carbons (Fsp3) is 0.182. The van der Waals surface area contributed by atoms with Crippen molar-refractivity contribution in [2.24, 2.45) is 0 Å². The van der Waals surface area contributed by atoms with Crippen molar-refractivity contribution >= 4 is 32.7 Å². The number of nitrogens with zero attached hydrogens (tertiary/aromatic N) is 1. The highest BCUT2D eigenvalue weighted by Gasteiger charge is 2.17. The summed E-state index contributed by atoms with van der Waals surface area (Å²) in [5, 5.41) is 4.76. The average molecular weight is 456 g/mol. The number of hydrogen-bond donors (Lipinski definition) is 0. The van der Waals surface area contributed by atoms with Crippen LogP contribution in [0, 0.1) is 20.8 Å². The van der Waals surface area contributed by atoms with Gasteiger partial charge >= 0.3 is 0 Å². The fourth-order valence-corrected chi connectivity index (χ4v) is 5.65. The van der Waals surface area contributed by atoms with Gasteiger partial charge in [0, 0.05) is 22.5 Å². The maximum Gasteiger partial charge on any atom is 0.161 e. The summed E-state index contributed by atoms with van der Waals surface area (Å²) < 4.78 is 6.55. The van der Waals surface area contributed by atoms with E-state index >= 15 is 0 Å². The van der Waals surface area contributed by atoms with E-state index in [4.69, 9.17) is 9.40 Å². The molecule has 0 atom stereocenters. The number of benzene rings is 4. The summed E-state index contributed by atoms with van der Waals surface area (Å²) >= 11 is 0. The molecule has 6 rings (SSSR count). The molecule has 0 radical (unpaired) electrons. The van der Waals surface area contributed by atoms with E-state index in [-0.39, 0.29) is 0 Å². The topological polar surface area (TPSA) is 26.0 Å². The third-order valence-corrected chi connectivity index (χ3v) is 7.14. The number of fused-ring (bicyclic) bond motifs is 4. The Labute approximate surface area is 206 Å². The van der Waals surface area contributed by atoms with E-state index in [2.05, 4.69) is 107 Å². The second-order valence-electron chi connectivity index (χ2n) is 10.1. The molecule has 0 bridgehead atoms. The molecule has 0 aliphatic heterocycles. The van der Waals surface area contributed by atoms with Crippen LogP contribution in [0.3, 0.4) is 0 Å². The van der Waals surface area contributed by atoms with Gasteiger partial charge in [-0.05, 0) is 95.6 Å². The predicted octanol–water partition coefficient (Wildman–Crippen LogP) is 9.52. The Morgan fingerprint density at radius 1 is 0.714 bits per heavy atom. The quantitative estimate of drug-likeness (QED) is 0.265. The summed E-state index contributed by atoms with van der Waals surface area (Å²) in [6, 6.07) is 26.3. The molecule has 2 aromatic heterocycles. The van der Waals surface area contributed by atoms with Crippen LogP contribution in [0.2, 0.25) is 0 Å². The molecule has 35 heavy (non-hydrogen) atoms. The maximum absolute atomic E-state index is 6.55. The Morgan fingerprint density at radius 2 is 1.49 bits per heavy atom. The maximum atomic E-state index is 6.55. The van der Waals surface area contributed by atoms with Crippen molar-refractivity contribution in [1.29, 1.82) is 0 Å². The number of rotatable bonds is 3. The molecule has 2 heteroatoms. The molecule has 0 saturated carbocycles. The lowest BCUT2D eigenvalue weighted by molar-refractivity contribution is 0.668. The van der Waals surface area contributed by atoms with Gasteiger partial charge < -0.3 is 4.42 Å². The first-order valence-corrected chi connectivity index (χ1v) is 12.3. The minimum absolute atomic E-state index is 0.415. The van der Waals surface area contributed by atoms with Crippen molar-refractivity contribution < 1.29 is 4.42 Å². The van der Waals surface area contributed by atoms with Gasteiger partial charge in [0.15, 0.2) is 5.58 Å². The molecule has 0 saturated heterocycles. The Balaban J connectivity index is 1.58. The Kier molecular flexibility index (Phi) is 5.00. The van der Waals surface area contributed by atoms with Crippen LogP contribution in [0.1, 0.15) is 42.0 Å². The van der Waals surface area contributed by atoms with Crippen LogP contribution in [0.5, 0.6) is 0 Å². The summed E-state index contributed by atoms with van der Waals surface area (Å²) in [6.07, 6.45) is 1.90. The fourth-order valence-electron chi connectivity index (χ4n) is 5.65. The van der Waals surface area contributed by atoms with Crippen LogP contribution >= 0.6 is 0 Å². The molecule has 0 N–H and O–H groups in total. The molecule has 2 nitrogen and oxygen atoms in total. The SMILES string of the molecule is Cc1cc(C)c(-c2ccc3c(c2)oc2c(-c4cc(C(C)C)c5ccccc5c4)nccc23)c(C)c1. The van der Waals surface area contributed by atoms with Gasteiger partial charge in [0.25, 0.3) is 0 Å². The third-order valence-electron chi connectivity index (χ3n) is 7.14. The van der Waals surface area contributed by atoms with Crippen molar-refractivity contribution in [3.63, 3.8) is 0 Å². The second kappa shape index (κ2) is 8.09. The molecule has 0 aliphatic rings. The number of pyridine rings is 1. The van der Waals surface area contributed by atoms with Gasteiger partial charge in [0.05, 0.1) is 0 Å². The molecule has 2 heterocycles. The van der Waals surface area contributed by atoms with Gasteiger partial charge in [0.1, 0.15) is 11.3 Å². The molecule has 0 amide bonds. The van der Waals surface area contributed by atoms with E-state index in [1.807, 2.05) is 6.20 Å². The lowest BCUT2D eigenvalue weighted by Gasteiger charge is -2.13. The first-order valence-electron chi connectivity index (χ1n) is 12.3. The highest BCUT2D eigenvalue weighted by Crippen LogP contribution is 2.39. The average Bonchev–Trinajstić information content (AvgIpc) is 3.20. The van der Waals surface area contributed by atoms with E-state index < -0.39 is 0 Å². The van der Waals surface area contributed by atoms with Crippen LogP contribution in [0.15, 0.2) is 83.4 Å². The summed E-state index contributed by atoms with van der Waals surface area (Å²) in [6.45, 7) is 11.0. The first-order chi connectivity index (χ1) is 16.9. The molecule has 4 aromatic carbocycles. The van der Waals surface area contributed by atoms with Gasteiger partial charge in [-0.1, -0.05) is 61.9 Å². The van der Waals surface area contributed by atoms with Crippen molar-refractivity contribution in [2.75, 3.05) is 0 Å². The molecule has 0 unspecified atom stereocenters. The van der Waals surface area contributed by atoms with Crippen molar-refractivity contribution in [1.82, 2.24) is 4.98 Å². The number of aromatic nitrogens is 1. The monoisotopic (exact) mass is 455 g/mol. The first kappa shape index (κ1) is 21.6. The zero-order chi connectivity index (χ0) is 24.3. The zero-order valence-electron chi connectivity index (χ0n) is 20.9. The molecule has 0 aliphatic carbocycles. The van der Waals surface area contributed by atoms with Gasteiger partial charge in [0.2, 0.25) is 0 Å². The van der Waals surface area contributed by atoms with Crippen molar-refractivity contribution in [2.45, 2.75) is 40.5 Å². The summed E-state index contributed by atoms with van der Waals surface area (Å²) in [4.78, 5) is 4.80. The summed E-state index contributed by atoms with van der Waals surface area (Å²) in [5.74, 6) is 0.415. The number of hydrogen-bond acceptors (Lipinski definition) is 2. The van der Waals surface area contributed by atoms with E-state index in [0.29, 0.717) is 5.92 Å². The van der Waals surface area contributed by atoms with E-state index in [1.165, 1.54) is 44.2 Å². The van der Waals surface area contributed by atoms with Crippen LogP contribution in [-0.2, 0) is 0 Å². The highest BCUT2D eigenvalue weighted by atomic mass is 16.3. The van der Waals surface area contributed by atoms with Crippen LogP contribution in [-0.4, -0.2) is 4.98 Å². The van der Waals surface area contributed by atoms with E-state index in [0.717, 1.165) is 33.2 Å². The molecular formula is C33H29NO. The van der Waals surface area contributed by atoms with Crippen LogP contribution < -0.4 is 0 Å². The molecular weight excluding hydrogens is 426 g/mol. The van der Waals surface area contributed by atoms with Crippen molar-refractivity contribution in [3.8, 4) is 22.4 Å². The number of furan rings is 1. The largest absolute Gasteiger partial charge is 0.454 e. The molecule has 172 valence electrons. The van der Waals surface area contributed by atoms with Gasteiger partial charge in [-0.15, -0.1) is 0 Å². The normalized spacial score (nSPS) is 11.8. The minimum Gasteiger partial charge on any atom is -0.454 e. The predicted molar refractivity (Wildman–Crippen MR) is 148 cm³/mol.